The molecule has 1 aliphatic rings. The van der Waals surface area contributed by atoms with Crippen molar-refractivity contribution in [1.29, 1.82) is 0 Å². The van der Waals surface area contributed by atoms with E-state index in [2.05, 4.69) is 6.92 Å². The van der Waals surface area contributed by atoms with Gasteiger partial charge in [-0.3, -0.25) is 9.59 Å². The second-order valence-corrected chi connectivity index (χ2v) is 7.81. The zero-order valence-corrected chi connectivity index (χ0v) is 17.7. The topological polar surface area (TPSA) is 52.6 Å². The molecule has 0 spiro atoms. The van der Waals surface area contributed by atoms with E-state index >= 15 is 0 Å². The number of ether oxygens (including phenoxy) is 2. The number of hydrogen-bond donors (Lipinski definition) is 0. The SMILES string of the molecule is CCCCCCCCCCCOC(=O)C1CC=CCC1C(=O)OC(C)CC. The van der Waals surface area contributed by atoms with Crippen molar-refractivity contribution in [3.8, 4) is 0 Å². The normalized spacial score (nSPS) is 20.3. The van der Waals surface area contributed by atoms with Crippen LogP contribution in [0.25, 0.3) is 0 Å². The molecule has 4 nitrogen and oxygen atoms in total. The van der Waals surface area contributed by atoms with E-state index in [1.54, 1.807) is 0 Å². The molecule has 0 aromatic rings. The lowest BCUT2D eigenvalue weighted by atomic mass is 9.83. The second-order valence-electron chi connectivity index (χ2n) is 7.81. The molecule has 0 saturated heterocycles. The first kappa shape index (κ1) is 23.7. The molecule has 3 unspecified atom stereocenters. The molecule has 156 valence electrons. The predicted molar refractivity (Wildman–Crippen MR) is 109 cm³/mol. The molecule has 1 rings (SSSR count). The average Bonchev–Trinajstić information content (AvgIpc) is 2.69. The van der Waals surface area contributed by atoms with Gasteiger partial charge in [0.1, 0.15) is 0 Å². The van der Waals surface area contributed by atoms with Crippen LogP contribution in [0.1, 0.15) is 97.8 Å². The van der Waals surface area contributed by atoms with Crippen molar-refractivity contribution in [3.63, 3.8) is 0 Å². The average molecular weight is 381 g/mol. The molecule has 0 N–H and O–H groups in total. The molecule has 4 heteroatoms. The summed E-state index contributed by atoms with van der Waals surface area (Å²) in [7, 11) is 0. The van der Waals surface area contributed by atoms with Crippen LogP contribution < -0.4 is 0 Å². The van der Waals surface area contributed by atoms with Crippen molar-refractivity contribution >= 4 is 11.9 Å². The Hall–Kier alpha value is -1.32. The summed E-state index contributed by atoms with van der Waals surface area (Å²) in [4.78, 5) is 24.8. The summed E-state index contributed by atoms with van der Waals surface area (Å²) in [6.45, 7) is 6.56. The van der Waals surface area contributed by atoms with Gasteiger partial charge in [0, 0.05) is 0 Å². The molecule has 0 bridgehead atoms. The summed E-state index contributed by atoms with van der Waals surface area (Å²) < 4.78 is 10.9. The highest BCUT2D eigenvalue weighted by atomic mass is 16.5. The zero-order valence-electron chi connectivity index (χ0n) is 17.7. The summed E-state index contributed by atoms with van der Waals surface area (Å²) in [5.41, 5.74) is 0. The van der Waals surface area contributed by atoms with Crippen LogP contribution in [0.5, 0.6) is 0 Å². The minimum atomic E-state index is -0.403. The van der Waals surface area contributed by atoms with Crippen LogP contribution in [0.2, 0.25) is 0 Å². The lowest BCUT2D eigenvalue weighted by Crippen LogP contribution is -2.35. The number of carbonyl (C=O) groups is 2. The highest BCUT2D eigenvalue weighted by molar-refractivity contribution is 5.82. The maximum absolute atomic E-state index is 12.4. The summed E-state index contributed by atoms with van der Waals surface area (Å²) in [5.74, 6) is -1.31. The van der Waals surface area contributed by atoms with Gasteiger partial charge < -0.3 is 9.47 Å². The van der Waals surface area contributed by atoms with Crippen LogP contribution in [0, 0.1) is 11.8 Å². The predicted octanol–water partition coefficient (Wildman–Crippen LogP) is 5.98. The van der Waals surface area contributed by atoms with Crippen molar-refractivity contribution in [1.82, 2.24) is 0 Å². The second kappa shape index (κ2) is 14.7. The van der Waals surface area contributed by atoms with Crippen LogP contribution in [0.4, 0.5) is 0 Å². The Kier molecular flexibility index (Phi) is 12.9. The Balaban J connectivity index is 2.22. The molecular formula is C23H40O4. The maximum Gasteiger partial charge on any atom is 0.310 e. The summed E-state index contributed by atoms with van der Waals surface area (Å²) in [5, 5.41) is 0. The summed E-state index contributed by atoms with van der Waals surface area (Å²) in [6.07, 6.45) is 16.9. The summed E-state index contributed by atoms with van der Waals surface area (Å²) in [6, 6.07) is 0. The third-order valence-electron chi connectivity index (χ3n) is 5.42. The van der Waals surface area contributed by atoms with Crippen molar-refractivity contribution < 1.29 is 19.1 Å². The van der Waals surface area contributed by atoms with E-state index in [9.17, 15) is 9.59 Å². The highest BCUT2D eigenvalue weighted by Crippen LogP contribution is 2.28. The molecule has 3 atom stereocenters. The monoisotopic (exact) mass is 380 g/mol. The molecular weight excluding hydrogens is 340 g/mol. The van der Waals surface area contributed by atoms with E-state index in [4.69, 9.17) is 9.47 Å². The standard InChI is InChI=1S/C23H40O4/c1-4-6-7-8-9-10-11-12-15-18-26-22(24)20-16-13-14-17-21(20)23(25)27-19(3)5-2/h13-14,19-21H,4-12,15-18H2,1-3H3. The minimum absolute atomic E-state index is 0.109. The highest BCUT2D eigenvalue weighted by Gasteiger charge is 2.36. The Morgan fingerprint density at radius 3 is 1.93 bits per heavy atom. The first-order chi connectivity index (χ1) is 13.1. The molecule has 0 saturated carbocycles. The fourth-order valence-corrected chi connectivity index (χ4v) is 3.40. The van der Waals surface area contributed by atoms with E-state index < -0.39 is 11.8 Å². The Morgan fingerprint density at radius 2 is 1.37 bits per heavy atom. The fraction of sp³-hybridized carbons (Fsp3) is 0.826. The van der Waals surface area contributed by atoms with Gasteiger partial charge in [-0.25, -0.2) is 0 Å². The van der Waals surface area contributed by atoms with E-state index in [0.29, 0.717) is 19.4 Å². The number of esters is 2. The van der Waals surface area contributed by atoms with Crippen LogP contribution in [-0.2, 0) is 19.1 Å². The van der Waals surface area contributed by atoms with Crippen LogP contribution in [0.15, 0.2) is 12.2 Å². The summed E-state index contributed by atoms with van der Waals surface area (Å²) >= 11 is 0. The number of rotatable bonds is 14. The molecule has 0 aromatic carbocycles. The first-order valence-corrected chi connectivity index (χ1v) is 11.1. The van der Waals surface area contributed by atoms with Crippen molar-refractivity contribution in [2.24, 2.45) is 11.8 Å². The van der Waals surface area contributed by atoms with Gasteiger partial charge in [0.15, 0.2) is 0 Å². The smallest absolute Gasteiger partial charge is 0.310 e. The lowest BCUT2D eigenvalue weighted by molar-refractivity contribution is -0.164. The van der Waals surface area contributed by atoms with Crippen molar-refractivity contribution in [2.75, 3.05) is 6.61 Å². The molecule has 0 heterocycles. The molecule has 0 fully saturated rings. The number of unbranched alkanes of at least 4 members (excludes halogenated alkanes) is 8. The van der Waals surface area contributed by atoms with Crippen LogP contribution in [-0.4, -0.2) is 24.6 Å². The number of carbonyl (C=O) groups excluding carboxylic acids is 2. The largest absolute Gasteiger partial charge is 0.465 e. The van der Waals surface area contributed by atoms with Crippen molar-refractivity contribution in [3.05, 3.63) is 12.2 Å². The molecule has 27 heavy (non-hydrogen) atoms. The Morgan fingerprint density at radius 1 is 0.852 bits per heavy atom. The van der Waals surface area contributed by atoms with E-state index in [0.717, 1.165) is 19.3 Å². The lowest BCUT2D eigenvalue weighted by Gasteiger charge is -2.26. The first-order valence-electron chi connectivity index (χ1n) is 11.1. The number of allylic oxidation sites excluding steroid dienone is 2. The van der Waals surface area contributed by atoms with Gasteiger partial charge in [0.25, 0.3) is 0 Å². The molecule has 0 aliphatic heterocycles. The fourth-order valence-electron chi connectivity index (χ4n) is 3.40. The minimum Gasteiger partial charge on any atom is -0.465 e. The third-order valence-corrected chi connectivity index (χ3v) is 5.42. The molecule has 1 aliphatic carbocycles. The van der Waals surface area contributed by atoms with Gasteiger partial charge >= 0.3 is 11.9 Å². The van der Waals surface area contributed by atoms with Gasteiger partial charge in [0.05, 0.1) is 24.5 Å². The van der Waals surface area contributed by atoms with Crippen LogP contribution in [0.3, 0.4) is 0 Å². The quantitative estimate of drug-likeness (QED) is 0.211. The Bertz CT molecular complexity index is 444. The van der Waals surface area contributed by atoms with E-state index in [-0.39, 0.29) is 18.0 Å². The van der Waals surface area contributed by atoms with Gasteiger partial charge in [-0.1, -0.05) is 77.4 Å². The van der Waals surface area contributed by atoms with Crippen molar-refractivity contribution in [2.45, 2.75) is 104 Å². The maximum atomic E-state index is 12.4. The zero-order chi connectivity index (χ0) is 19.9. The van der Waals surface area contributed by atoms with E-state index in [1.165, 1.54) is 44.9 Å². The van der Waals surface area contributed by atoms with Gasteiger partial charge in [-0.05, 0) is 32.6 Å². The van der Waals surface area contributed by atoms with E-state index in [1.807, 2.05) is 26.0 Å². The number of hydrogen-bond acceptors (Lipinski definition) is 4. The van der Waals surface area contributed by atoms with Crippen LogP contribution >= 0.6 is 0 Å². The van der Waals surface area contributed by atoms with Gasteiger partial charge in [-0.15, -0.1) is 0 Å². The third kappa shape index (κ3) is 9.97. The van der Waals surface area contributed by atoms with Gasteiger partial charge in [0.2, 0.25) is 0 Å². The Labute approximate surface area is 166 Å². The molecule has 0 amide bonds. The molecule has 0 radical (unpaired) electrons. The molecule has 0 aromatic heterocycles. The van der Waals surface area contributed by atoms with Gasteiger partial charge in [-0.2, -0.15) is 0 Å².